The van der Waals surface area contributed by atoms with Crippen molar-refractivity contribution in [3.05, 3.63) is 193 Å². The minimum Gasteiger partial charge on any atom is -0.228 e. The van der Waals surface area contributed by atoms with Crippen molar-refractivity contribution in [1.82, 2.24) is 9.97 Å². The number of rotatable bonds is 4. The highest BCUT2D eigenvalue weighted by molar-refractivity contribution is 7.26. The molecule has 0 saturated carbocycles. The van der Waals surface area contributed by atoms with Crippen molar-refractivity contribution in [2.45, 2.75) is 19.3 Å². The van der Waals surface area contributed by atoms with Crippen LogP contribution in [0.3, 0.4) is 0 Å². The molecule has 2 nitrogen and oxygen atoms in total. The van der Waals surface area contributed by atoms with E-state index in [1.165, 1.54) is 85.9 Å². The van der Waals surface area contributed by atoms with Gasteiger partial charge < -0.3 is 0 Å². The van der Waals surface area contributed by atoms with Gasteiger partial charge in [0, 0.05) is 42.3 Å². The van der Waals surface area contributed by atoms with Gasteiger partial charge in [0.25, 0.3) is 0 Å². The summed E-state index contributed by atoms with van der Waals surface area (Å²) in [7, 11) is 0. The molecule has 2 aromatic heterocycles. The predicted octanol–water partition coefficient (Wildman–Crippen LogP) is 15.3. The molecule has 58 heavy (non-hydrogen) atoms. The molecule has 12 rings (SSSR count). The topological polar surface area (TPSA) is 25.8 Å². The Morgan fingerprint density at radius 1 is 0.397 bits per heavy atom. The molecule has 9 aromatic carbocycles. The van der Waals surface area contributed by atoms with Crippen molar-refractivity contribution < 1.29 is 0 Å². The monoisotopic (exact) mass is 756 g/mol. The molecule has 2 heterocycles. The van der Waals surface area contributed by atoms with Gasteiger partial charge in [0.2, 0.25) is 0 Å². The van der Waals surface area contributed by atoms with Gasteiger partial charge in [-0.05, 0) is 90.0 Å². The first-order valence-electron chi connectivity index (χ1n) is 20.0. The van der Waals surface area contributed by atoms with Gasteiger partial charge in [-0.15, -0.1) is 11.3 Å². The molecule has 3 heteroatoms. The van der Waals surface area contributed by atoms with Crippen LogP contribution in [0.15, 0.2) is 182 Å². The standard InChI is InChI=1S/C55H36N2S/c1-55(2)47-20-9-7-16-41(47)46-31-37(27-29-48(46)55)49-32-50(52-39-15-6-4-13-36(39)30-45-38-14-5-3-12-33(38)26-28-43(45)52)57-54(56-49)35-24-22-34(23-25-35)40-18-11-19-44-42-17-8-10-21-51(42)58-53(40)44/h3-32H,1-2H3. The van der Waals surface area contributed by atoms with Crippen LogP contribution in [0.2, 0.25) is 0 Å². The molecular weight excluding hydrogens is 721 g/mol. The molecule has 0 atom stereocenters. The van der Waals surface area contributed by atoms with Crippen LogP contribution in [0.1, 0.15) is 25.0 Å². The van der Waals surface area contributed by atoms with Crippen molar-refractivity contribution in [3.63, 3.8) is 0 Å². The molecule has 0 unspecified atom stereocenters. The van der Waals surface area contributed by atoms with Crippen LogP contribution in [-0.2, 0) is 5.41 Å². The maximum absolute atomic E-state index is 5.48. The van der Waals surface area contributed by atoms with E-state index >= 15 is 0 Å². The molecule has 1 aliphatic carbocycles. The van der Waals surface area contributed by atoms with Gasteiger partial charge in [-0.1, -0.05) is 172 Å². The number of nitrogens with zero attached hydrogens (tertiary/aromatic N) is 2. The number of aromatic nitrogens is 2. The molecule has 11 aromatic rings. The molecule has 0 saturated heterocycles. The first-order valence-corrected chi connectivity index (χ1v) is 20.8. The normalized spacial score (nSPS) is 13.1. The van der Waals surface area contributed by atoms with Crippen molar-refractivity contribution in [2.75, 3.05) is 0 Å². The van der Waals surface area contributed by atoms with Gasteiger partial charge in [0.05, 0.1) is 11.4 Å². The smallest absolute Gasteiger partial charge is 0.160 e. The summed E-state index contributed by atoms with van der Waals surface area (Å²) in [5, 5.41) is 9.87. The summed E-state index contributed by atoms with van der Waals surface area (Å²) >= 11 is 1.86. The fraction of sp³-hybridized carbons (Fsp3) is 0.0545. The van der Waals surface area contributed by atoms with E-state index in [9.17, 15) is 0 Å². The highest BCUT2D eigenvalue weighted by atomic mass is 32.1. The maximum Gasteiger partial charge on any atom is 0.160 e. The van der Waals surface area contributed by atoms with Crippen LogP contribution < -0.4 is 0 Å². The van der Waals surface area contributed by atoms with E-state index in [1.807, 2.05) is 11.3 Å². The Morgan fingerprint density at radius 3 is 1.93 bits per heavy atom. The predicted molar refractivity (Wildman–Crippen MR) is 247 cm³/mol. The van der Waals surface area contributed by atoms with Gasteiger partial charge in [0.1, 0.15) is 0 Å². The van der Waals surface area contributed by atoms with Gasteiger partial charge in [-0.25, -0.2) is 9.97 Å². The molecule has 0 bridgehead atoms. The Balaban J connectivity index is 1.08. The molecule has 0 fully saturated rings. The van der Waals surface area contributed by atoms with E-state index in [-0.39, 0.29) is 5.41 Å². The molecule has 0 N–H and O–H groups in total. The minimum absolute atomic E-state index is 0.0704. The van der Waals surface area contributed by atoms with Gasteiger partial charge in [0.15, 0.2) is 5.82 Å². The van der Waals surface area contributed by atoms with Crippen LogP contribution in [0.25, 0.3) is 109 Å². The second kappa shape index (κ2) is 12.5. The van der Waals surface area contributed by atoms with Crippen molar-refractivity contribution in [1.29, 1.82) is 0 Å². The van der Waals surface area contributed by atoms with Crippen molar-refractivity contribution in [3.8, 4) is 56.2 Å². The first-order chi connectivity index (χ1) is 28.5. The lowest BCUT2D eigenvalue weighted by molar-refractivity contribution is 0.660. The first kappa shape index (κ1) is 33.2. The zero-order valence-corrected chi connectivity index (χ0v) is 32.9. The fourth-order valence-corrected chi connectivity index (χ4v) is 10.8. The number of hydrogen-bond acceptors (Lipinski definition) is 3. The summed E-state index contributed by atoms with van der Waals surface area (Å²) < 4.78 is 2.63. The van der Waals surface area contributed by atoms with Crippen LogP contribution in [0.5, 0.6) is 0 Å². The molecule has 0 radical (unpaired) electrons. The van der Waals surface area contributed by atoms with E-state index in [0.29, 0.717) is 5.82 Å². The number of fused-ring (bicyclic) bond motifs is 10. The quantitative estimate of drug-likeness (QED) is 0.132. The van der Waals surface area contributed by atoms with E-state index in [2.05, 4.69) is 196 Å². The summed E-state index contributed by atoms with van der Waals surface area (Å²) in [6, 6.07) is 66.5. The van der Waals surface area contributed by atoms with Crippen molar-refractivity contribution >= 4 is 63.8 Å². The second-order valence-corrected chi connectivity index (χ2v) is 17.2. The molecule has 1 aliphatic rings. The van der Waals surface area contributed by atoms with Crippen LogP contribution in [-0.4, -0.2) is 9.97 Å². The van der Waals surface area contributed by atoms with Gasteiger partial charge in [-0.3, -0.25) is 0 Å². The van der Waals surface area contributed by atoms with Crippen LogP contribution in [0, 0.1) is 0 Å². The Hall–Kier alpha value is -6.94. The third kappa shape index (κ3) is 4.97. The van der Waals surface area contributed by atoms with E-state index in [1.54, 1.807) is 0 Å². The average molecular weight is 757 g/mol. The van der Waals surface area contributed by atoms with Crippen LogP contribution >= 0.6 is 11.3 Å². The number of thiophene rings is 1. The highest BCUT2D eigenvalue weighted by Crippen LogP contribution is 2.50. The largest absolute Gasteiger partial charge is 0.228 e. The molecule has 272 valence electrons. The lowest BCUT2D eigenvalue weighted by atomic mass is 9.82. The van der Waals surface area contributed by atoms with Crippen LogP contribution in [0.4, 0.5) is 0 Å². The third-order valence-corrected chi connectivity index (χ3v) is 13.7. The Labute approximate surface area is 340 Å². The highest BCUT2D eigenvalue weighted by Gasteiger charge is 2.35. The van der Waals surface area contributed by atoms with E-state index in [0.717, 1.165) is 28.1 Å². The lowest BCUT2D eigenvalue weighted by Crippen LogP contribution is -2.14. The minimum atomic E-state index is -0.0704. The summed E-state index contributed by atoms with van der Waals surface area (Å²) in [5.41, 5.74) is 12.7. The molecule has 0 spiro atoms. The SMILES string of the molecule is CC1(C)c2ccccc2-c2cc(-c3cc(-c4c5ccccc5cc5c4ccc4ccccc45)nc(-c4ccc(-c5cccc6c5sc5ccccc56)cc4)n3)ccc21. The Kier molecular flexibility index (Phi) is 7.18. The van der Waals surface area contributed by atoms with E-state index < -0.39 is 0 Å². The molecule has 0 aliphatic heterocycles. The summed E-state index contributed by atoms with van der Waals surface area (Å²) in [6.45, 7) is 4.66. The summed E-state index contributed by atoms with van der Waals surface area (Å²) in [5.74, 6) is 0.710. The zero-order chi connectivity index (χ0) is 38.5. The van der Waals surface area contributed by atoms with E-state index in [4.69, 9.17) is 9.97 Å². The summed E-state index contributed by atoms with van der Waals surface area (Å²) in [6.07, 6.45) is 0. The van der Waals surface area contributed by atoms with Crippen molar-refractivity contribution in [2.24, 2.45) is 0 Å². The Bertz CT molecular complexity index is 3480. The lowest BCUT2D eigenvalue weighted by Gasteiger charge is -2.21. The second-order valence-electron chi connectivity index (χ2n) is 16.1. The Morgan fingerprint density at radius 2 is 1.05 bits per heavy atom. The molecule has 0 amide bonds. The zero-order valence-electron chi connectivity index (χ0n) is 32.1. The maximum atomic E-state index is 5.48. The third-order valence-electron chi connectivity index (χ3n) is 12.5. The molecular formula is C55H36N2S. The number of benzene rings is 9. The average Bonchev–Trinajstić information content (AvgIpc) is 3.77. The number of hydrogen-bond donors (Lipinski definition) is 0. The van der Waals surface area contributed by atoms with Gasteiger partial charge >= 0.3 is 0 Å². The summed E-state index contributed by atoms with van der Waals surface area (Å²) in [4.78, 5) is 10.9. The van der Waals surface area contributed by atoms with Gasteiger partial charge in [-0.2, -0.15) is 0 Å². The fourth-order valence-electron chi connectivity index (χ4n) is 9.60.